The van der Waals surface area contributed by atoms with Crippen LogP contribution in [0, 0.1) is 0 Å². The Bertz CT molecular complexity index is 661. The molecule has 0 saturated heterocycles. The van der Waals surface area contributed by atoms with E-state index in [2.05, 4.69) is 21.7 Å². The number of halogens is 1. The zero-order chi connectivity index (χ0) is 17.9. The third-order valence-corrected chi connectivity index (χ3v) is 4.55. The van der Waals surface area contributed by atoms with E-state index in [-0.39, 0.29) is 36.4 Å². The minimum atomic E-state index is 0. The molecule has 0 unspecified atom stereocenters. The zero-order valence-electron chi connectivity index (χ0n) is 15.3. The SMILES string of the molecule is CCNC(=NCC(=O)N(CC)Cc1ccccc1)NCc1cccs1.I. The smallest absolute Gasteiger partial charge is 0.244 e. The van der Waals surface area contributed by atoms with Gasteiger partial charge in [0.25, 0.3) is 0 Å². The zero-order valence-corrected chi connectivity index (χ0v) is 18.4. The van der Waals surface area contributed by atoms with Crippen LogP contribution in [-0.2, 0) is 17.9 Å². The lowest BCUT2D eigenvalue weighted by Gasteiger charge is -2.20. The van der Waals surface area contributed by atoms with Crippen LogP contribution in [0.25, 0.3) is 0 Å². The molecule has 0 aliphatic carbocycles. The first-order valence-corrected chi connectivity index (χ1v) is 9.47. The Labute approximate surface area is 176 Å². The first kappa shape index (κ1) is 22.4. The molecule has 0 spiro atoms. The van der Waals surface area contributed by atoms with Crippen molar-refractivity contribution in [1.29, 1.82) is 0 Å². The van der Waals surface area contributed by atoms with Gasteiger partial charge in [-0.15, -0.1) is 35.3 Å². The van der Waals surface area contributed by atoms with E-state index in [0.717, 1.165) is 12.1 Å². The van der Waals surface area contributed by atoms with Gasteiger partial charge >= 0.3 is 0 Å². The van der Waals surface area contributed by atoms with E-state index >= 15 is 0 Å². The third kappa shape index (κ3) is 7.74. The fourth-order valence-electron chi connectivity index (χ4n) is 2.35. The molecule has 1 aromatic heterocycles. The maximum atomic E-state index is 12.5. The number of thiophene rings is 1. The first-order valence-electron chi connectivity index (χ1n) is 8.59. The van der Waals surface area contributed by atoms with Crippen molar-refractivity contribution in [3.8, 4) is 0 Å². The molecule has 2 N–H and O–H groups in total. The molecule has 1 heterocycles. The van der Waals surface area contributed by atoms with Crippen molar-refractivity contribution in [1.82, 2.24) is 15.5 Å². The molecule has 0 atom stereocenters. The summed E-state index contributed by atoms with van der Waals surface area (Å²) in [6.07, 6.45) is 0. The predicted octanol–water partition coefficient (Wildman–Crippen LogP) is 3.47. The van der Waals surface area contributed by atoms with Crippen molar-refractivity contribution in [3.63, 3.8) is 0 Å². The van der Waals surface area contributed by atoms with Crippen LogP contribution < -0.4 is 10.6 Å². The number of carbonyl (C=O) groups is 1. The van der Waals surface area contributed by atoms with Gasteiger partial charge < -0.3 is 15.5 Å². The van der Waals surface area contributed by atoms with Gasteiger partial charge in [-0.3, -0.25) is 4.79 Å². The van der Waals surface area contributed by atoms with Crippen molar-refractivity contribution in [3.05, 3.63) is 58.3 Å². The molecule has 2 rings (SSSR count). The van der Waals surface area contributed by atoms with E-state index in [1.807, 2.05) is 60.5 Å². The summed E-state index contributed by atoms with van der Waals surface area (Å²) >= 11 is 1.70. The lowest BCUT2D eigenvalue weighted by Crippen LogP contribution is -2.38. The minimum Gasteiger partial charge on any atom is -0.357 e. The van der Waals surface area contributed by atoms with Crippen molar-refractivity contribution >= 4 is 47.2 Å². The fraction of sp³-hybridized carbons (Fsp3) is 0.368. The summed E-state index contributed by atoms with van der Waals surface area (Å²) in [6.45, 7) is 6.89. The highest BCUT2D eigenvalue weighted by atomic mass is 127. The normalized spacial score (nSPS) is 10.8. The summed E-state index contributed by atoms with van der Waals surface area (Å²) in [5.74, 6) is 0.694. The first-order chi connectivity index (χ1) is 12.2. The van der Waals surface area contributed by atoms with Gasteiger partial charge in [0.05, 0.1) is 6.54 Å². The highest BCUT2D eigenvalue weighted by Crippen LogP contribution is 2.07. The number of aliphatic imine (C=N–C) groups is 1. The number of likely N-dealkylation sites (N-methyl/N-ethyl adjacent to an activating group) is 1. The van der Waals surface area contributed by atoms with Gasteiger partial charge in [0.1, 0.15) is 6.54 Å². The van der Waals surface area contributed by atoms with Crippen molar-refractivity contribution in [2.45, 2.75) is 26.9 Å². The lowest BCUT2D eigenvalue weighted by molar-refractivity contribution is -0.130. The average molecular weight is 486 g/mol. The van der Waals surface area contributed by atoms with E-state index in [1.165, 1.54) is 4.88 Å². The molecule has 7 heteroatoms. The second-order valence-electron chi connectivity index (χ2n) is 5.52. The van der Waals surface area contributed by atoms with Crippen LogP contribution in [0.15, 0.2) is 52.8 Å². The Morgan fingerprint density at radius 3 is 2.50 bits per heavy atom. The van der Waals surface area contributed by atoms with Crippen molar-refractivity contribution in [2.75, 3.05) is 19.6 Å². The second-order valence-corrected chi connectivity index (χ2v) is 6.55. The maximum Gasteiger partial charge on any atom is 0.244 e. The van der Waals surface area contributed by atoms with Gasteiger partial charge in [-0.25, -0.2) is 4.99 Å². The molecule has 0 bridgehead atoms. The Morgan fingerprint density at radius 1 is 1.12 bits per heavy atom. The van der Waals surface area contributed by atoms with Crippen LogP contribution >= 0.6 is 35.3 Å². The highest BCUT2D eigenvalue weighted by molar-refractivity contribution is 14.0. The Balaban J connectivity index is 0.00000338. The molecule has 0 aliphatic heterocycles. The van der Waals surface area contributed by atoms with Crippen LogP contribution in [-0.4, -0.2) is 36.4 Å². The molecular weight excluding hydrogens is 459 g/mol. The van der Waals surface area contributed by atoms with Crippen LogP contribution in [0.3, 0.4) is 0 Å². The predicted molar refractivity (Wildman–Crippen MR) is 120 cm³/mol. The molecule has 1 aromatic carbocycles. The molecule has 142 valence electrons. The van der Waals surface area contributed by atoms with Gasteiger partial charge in [-0.05, 0) is 30.9 Å². The summed E-state index contributed by atoms with van der Waals surface area (Å²) < 4.78 is 0. The second kappa shape index (κ2) is 12.7. The Morgan fingerprint density at radius 2 is 1.88 bits per heavy atom. The number of carbonyl (C=O) groups excluding carboxylic acids is 1. The van der Waals surface area contributed by atoms with E-state index in [1.54, 1.807) is 11.3 Å². The number of rotatable bonds is 8. The van der Waals surface area contributed by atoms with Crippen LogP contribution in [0.1, 0.15) is 24.3 Å². The maximum absolute atomic E-state index is 12.5. The Hall–Kier alpha value is -1.61. The summed E-state index contributed by atoms with van der Waals surface area (Å²) in [5, 5.41) is 8.49. The number of hydrogen-bond donors (Lipinski definition) is 2. The van der Waals surface area contributed by atoms with Gasteiger partial charge in [0.15, 0.2) is 5.96 Å². The van der Waals surface area contributed by atoms with Gasteiger partial charge in [-0.2, -0.15) is 0 Å². The van der Waals surface area contributed by atoms with Crippen LogP contribution in [0.2, 0.25) is 0 Å². The molecule has 0 aliphatic rings. The molecule has 2 aromatic rings. The van der Waals surface area contributed by atoms with Crippen molar-refractivity contribution < 1.29 is 4.79 Å². The molecule has 26 heavy (non-hydrogen) atoms. The molecule has 0 fully saturated rings. The number of nitrogens with zero attached hydrogens (tertiary/aromatic N) is 2. The molecule has 5 nitrogen and oxygen atoms in total. The number of guanidine groups is 1. The van der Waals surface area contributed by atoms with E-state index in [9.17, 15) is 4.79 Å². The average Bonchev–Trinajstić information content (AvgIpc) is 3.16. The van der Waals surface area contributed by atoms with Crippen LogP contribution in [0.4, 0.5) is 0 Å². The molecule has 0 saturated carbocycles. The largest absolute Gasteiger partial charge is 0.357 e. The van der Waals surface area contributed by atoms with E-state index in [4.69, 9.17) is 0 Å². The van der Waals surface area contributed by atoms with Crippen molar-refractivity contribution in [2.24, 2.45) is 4.99 Å². The monoisotopic (exact) mass is 486 g/mol. The minimum absolute atomic E-state index is 0. The number of nitrogens with one attached hydrogen (secondary N) is 2. The lowest BCUT2D eigenvalue weighted by atomic mass is 10.2. The third-order valence-electron chi connectivity index (χ3n) is 3.68. The van der Waals surface area contributed by atoms with E-state index < -0.39 is 0 Å². The Kier molecular flexibility index (Phi) is 11.0. The number of amides is 1. The van der Waals surface area contributed by atoms with Crippen LogP contribution in [0.5, 0.6) is 0 Å². The topological polar surface area (TPSA) is 56.7 Å². The number of benzene rings is 1. The fourth-order valence-corrected chi connectivity index (χ4v) is 3.00. The molecule has 0 radical (unpaired) electrons. The summed E-state index contributed by atoms with van der Waals surface area (Å²) in [7, 11) is 0. The summed E-state index contributed by atoms with van der Waals surface area (Å²) in [6, 6.07) is 14.1. The standard InChI is InChI=1S/C19H26N4OS.HI/c1-3-20-19(21-13-17-11-8-12-25-17)22-14-18(24)23(4-2)15-16-9-6-5-7-10-16;/h5-12H,3-4,13-15H2,1-2H3,(H2,20,21,22);1H. The van der Waals surface area contributed by atoms with Gasteiger partial charge in [0.2, 0.25) is 5.91 Å². The van der Waals surface area contributed by atoms with E-state index in [0.29, 0.717) is 25.6 Å². The quantitative estimate of drug-likeness (QED) is 0.342. The van der Waals surface area contributed by atoms with Gasteiger partial charge in [0, 0.05) is 24.5 Å². The highest BCUT2D eigenvalue weighted by Gasteiger charge is 2.12. The summed E-state index contributed by atoms with van der Waals surface area (Å²) in [5.41, 5.74) is 1.13. The summed E-state index contributed by atoms with van der Waals surface area (Å²) in [4.78, 5) is 20.0. The number of hydrogen-bond acceptors (Lipinski definition) is 3. The van der Waals surface area contributed by atoms with Gasteiger partial charge in [-0.1, -0.05) is 36.4 Å². The molecular formula is C19H27IN4OS. The molecule has 1 amide bonds.